The smallest absolute Gasteiger partial charge is 0.306 e. The zero-order valence-corrected chi connectivity index (χ0v) is 12.6. The number of aliphatic carboxylic acids is 1. The molecule has 0 aliphatic carbocycles. The van der Waals surface area contributed by atoms with Gasteiger partial charge in [-0.3, -0.25) is 9.59 Å². The Morgan fingerprint density at radius 1 is 1.32 bits per heavy atom. The van der Waals surface area contributed by atoms with E-state index < -0.39 is 11.9 Å². The molecule has 1 heterocycles. The number of ether oxygens (including phenoxy) is 2. The van der Waals surface area contributed by atoms with Crippen molar-refractivity contribution >= 4 is 16.9 Å². The lowest BCUT2D eigenvalue weighted by Gasteiger charge is -2.15. The van der Waals surface area contributed by atoms with Crippen LogP contribution in [0.5, 0.6) is 11.5 Å². The third kappa shape index (κ3) is 3.39. The number of pyridine rings is 1. The topological polar surface area (TPSA) is 88.6 Å². The molecule has 1 aromatic heterocycles. The van der Waals surface area contributed by atoms with Crippen molar-refractivity contribution in [1.29, 1.82) is 0 Å². The lowest BCUT2D eigenvalue weighted by Crippen LogP contribution is -2.16. The summed E-state index contributed by atoms with van der Waals surface area (Å²) in [6, 6.07) is 6.72. The minimum atomic E-state index is -0.829. The molecule has 0 saturated carbocycles. The molecule has 22 heavy (non-hydrogen) atoms. The first kappa shape index (κ1) is 15.9. The molecule has 118 valence electrons. The number of H-pyrrole nitrogens is 1. The zero-order chi connectivity index (χ0) is 16.1. The number of aromatic amines is 1. The second-order valence-corrected chi connectivity index (χ2v) is 4.96. The summed E-state index contributed by atoms with van der Waals surface area (Å²) < 4.78 is 11.0. The molecule has 2 N–H and O–H groups in total. The maximum Gasteiger partial charge on any atom is 0.306 e. The van der Waals surface area contributed by atoms with Crippen LogP contribution in [-0.4, -0.2) is 29.8 Å². The SMILES string of the molecule is CCC(CCOc1c(OC)ccc2ccc(=O)[nH]c12)C(=O)O. The predicted molar refractivity (Wildman–Crippen MR) is 82.6 cm³/mol. The van der Waals surface area contributed by atoms with E-state index >= 15 is 0 Å². The molecular formula is C16H19NO5. The minimum absolute atomic E-state index is 0.233. The summed E-state index contributed by atoms with van der Waals surface area (Å²) in [7, 11) is 1.52. The van der Waals surface area contributed by atoms with Gasteiger partial charge < -0.3 is 19.6 Å². The molecule has 0 aliphatic rings. The van der Waals surface area contributed by atoms with Gasteiger partial charge in [-0.1, -0.05) is 6.92 Å². The number of hydrogen-bond donors (Lipinski definition) is 2. The Bertz CT molecular complexity index is 722. The van der Waals surface area contributed by atoms with Crippen LogP contribution < -0.4 is 15.0 Å². The van der Waals surface area contributed by atoms with Crippen molar-refractivity contribution in [3.8, 4) is 11.5 Å². The number of methoxy groups -OCH3 is 1. The Kier molecular flexibility index (Phi) is 5.04. The van der Waals surface area contributed by atoms with E-state index in [4.69, 9.17) is 14.6 Å². The van der Waals surface area contributed by atoms with Gasteiger partial charge in [0, 0.05) is 11.5 Å². The standard InChI is InChI=1S/C16H19NO5/c1-3-10(16(19)20)8-9-22-15-12(21-2)6-4-11-5-7-13(18)17-14(11)15/h4-7,10H,3,8-9H2,1-2H3,(H,17,18)(H,19,20). The van der Waals surface area contributed by atoms with E-state index in [-0.39, 0.29) is 12.2 Å². The Labute approximate surface area is 127 Å². The van der Waals surface area contributed by atoms with Crippen molar-refractivity contribution in [3.05, 3.63) is 34.6 Å². The normalized spacial score (nSPS) is 12.1. The second-order valence-electron chi connectivity index (χ2n) is 4.96. The number of carbonyl (C=O) groups is 1. The molecule has 1 unspecified atom stereocenters. The van der Waals surface area contributed by atoms with Crippen LogP contribution >= 0.6 is 0 Å². The van der Waals surface area contributed by atoms with Gasteiger partial charge in [0.2, 0.25) is 5.56 Å². The minimum Gasteiger partial charge on any atom is -0.493 e. The molecule has 0 amide bonds. The first-order valence-corrected chi connectivity index (χ1v) is 7.12. The number of hydrogen-bond acceptors (Lipinski definition) is 4. The van der Waals surface area contributed by atoms with Crippen LogP contribution in [0, 0.1) is 5.92 Å². The van der Waals surface area contributed by atoms with E-state index in [1.54, 1.807) is 12.1 Å². The fourth-order valence-corrected chi connectivity index (χ4v) is 2.29. The van der Waals surface area contributed by atoms with Crippen molar-refractivity contribution in [2.45, 2.75) is 19.8 Å². The predicted octanol–water partition coefficient (Wildman–Crippen LogP) is 2.42. The molecular weight excluding hydrogens is 286 g/mol. The summed E-state index contributed by atoms with van der Waals surface area (Å²) in [6.07, 6.45) is 0.935. The summed E-state index contributed by atoms with van der Waals surface area (Å²) in [5, 5.41) is 9.87. The van der Waals surface area contributed by atoms with E-state index in [9.17, 15) is 9.59 Å². The van der Waals surface area contributed by atoms with Gasteiger partial charge in [0.25, 0.3) is 0 Å². The summed E-state index contributed by atoms with van der Waals surface area (Å²) in [6.45, 7) is 2.06. The highest BCUT2D eigenvalue weighted by atomic mass is 16.5. The van der Waals surface area contributed by atoms with E-state index in [2.05, 4.69) is 4.98 Å². The van der Waals surface area contributed by atoms with Crippen molar-refractivity contribution < 1.29 is 19.4 Å². The van der Waals surface area contributed by atoms with Gasteiger partial charge in [-0.15, -0.1) is 0 Å². The van der Waals surface area contributed by atoms with Crippen LogP contribution in [0.15, 0.2) is 29.1 Å². The lowest BCUT2D eigenvalue weighted by molar-refractivity contribution is -0.142. The Hall–Kier alpha value is -2.50. The van der Waals surface area contributed by atoms with Crippen LogP contribution in [0.25, 0.3) is 10.9 Å². The first-order chi connectivity index (χ1) is 10.6. The summed E-state index contributed by atoms with van der Waals surface area (Å²) in [4.78, 5) is 25.3. The largest absolute Gasteiger partial charge is 0.493 e. The molecule has 1 aromatic carbocycles. The van der Waals surface area contributed by atoms with Gasteiger partial charge in [-0.05, 0) is 31.0 Å². The molecule has 0 radical (unpaired) electrons. The summed E-state index contributed by atoms with van der Waals surface area (Å²) >= 11 is 0. The van der Waals surface area contributed by atoms with E-state index in [0.717, 1.165) is 5.39 Å². The second kappa shape index (κ2) is 6.98. The number of aromatic nitrogens is 1. The number of nitrogens with one attached hydrogen (secondary N) is 1. The van der Waals surface area contributed by atoms with Crippen molar-refractivity contribution in [2.75, 3.05) is 13.7 Å². The average Bonchev–Trinajstić information content (AvgIpc) is 2.51. The van der Waals surface area contributed by atoms with Gasteiger partial charge in [0.15, 0.2) is 11.5 Å². The molecule has 2 rings (SSSR count). The summed E-state index contributed by atoms with van der Waals surface area (Å²) in [5.74, 6) is -0.347. The number of carboxylic acid groups (broad SMARTS) is 1. The monoisotopic (exact) mass is 305 g/mol. The number of carboxylic acids is 1. The van der Waals surface area contributed by atoms with Gasteiger partial charge in [0.05, 0.1) is 25.2 Å². The van der Waals surface area contributed by atoms with E-state index in [1.807, 2.05) is 13.0 Å². The van der Waals surface area contributed by atoms with Crippen molar-refractivity contribution in [3.63, 3.8) is 0 Å². The summed E-state index contributed by atoms with van der Waals surface area (Å²) in [5.41, 5.74) is 0.317. The van der Waals surface area contributed by atoms with Gasteiger partial charge >= 0.3 is 5.97 Å². The third-order valence-electron chi connectivity index (χ3n) is 3.59. The van der Waals surface area contributed by atoms with Crippen LogP contribution in [0.2, 0.25) is 0 Å². The molecule has 6 nitrogen and oxygen atoms in total. The van der Waals surface area contributed by atoms with Crippen LogP contribution in [0.3, 0.4) is 0 Å². The van der Waals surface area contributed by atoms with Gasteiger partial charge in [-0.2, -0.15) is 0 Å². The molecule has 0 saturated heterocycles. The molecule has 0 aliphatic heterocycles. The number of rotatable bonds is 7. The highest BCUT2D eigenvalue weighted by Crippen LogP contribution is 2.33. The molecule has 0 bridgehead atoms. The number of fused-ring (bicyclic) bond motifs is 1. The Morgan fingerprint density at radius 3 is 2.68 bits per heavy atom. The van der Waals surface area contributed by atoms with Crippen LogP contribution in [-0.2, 0) is 4.79 Å². The fraction of sp³-hybridized carbons (Fsp3) is 0.375. The molecule has 1 atom stereocenters. The van der Waals surface area contributed by atoms with Crippen LogP contribution in [0.4, 0.5) is 0 Å². The van der Waals surface area contributed by atoms with Crippen molar-refractivity contribution in [1.82, 2.24) is 4.98 Å². The maximum absolute atomic E-state index is 11.5. The third-order valence-corrected chi connectivity index (χ3v) is 3.59. The quantitative estimate of drug-likeness (QED) is 0.820. The first-order valence-electron chi connectivity index (χ1n) is 7.12. The fourth-order valence-electron chi connectivity index (χ4n) is 2.29. The zero-order valence-electron chi connectivity index (χ0n) is 12.6. The Morgan fingerprint density at radius 2 is 2.05 bits per heavy atom. The molecule has 0 spiro atoms. The lowest BCUT2D eigenvalue weighted by atomic mass is 10.0. The molecule has 0 fully saturated rings. The average molecular weight is 305 g/mol. The molecule has 6 heteroatoms. The molecule has 2 aromatic rings. The highest BCUT2D eigenvalue weighted by molar-refractivity contribution is 5.87. The van der Waals surface area contributed by atoms with Gasteiger partial charge in [0.1, 0.15) is 0 Å². The maximum atomic E-state index is 11.5. The van der Waals surface area contributed by atoms with Crippen LogP contribution in [0.1, 0.15) is 19.8 Å². The number of benzene rings is 1. The Balaban J connectivity index is 2.27. The van der Waals surface area contributed by atoms with E-state index in [0.29, 0.717) is 29.9 Å². The van der Waals surface area contributed by atoms with Crippen molar-refractivity contribution in [2.24, 2.45) is 5.92 Å². The van der Waals surface area contributed by atoms with E-state index in [1.165, 1.54) is 13.2 Å². The highest BCUT2D eigenvalue weighted by Gasteiger charge is 2.16. The van der Waals surface area contributed by atoms with Gasteiger partial charge in [-0.25, -0.2) is 0 Å².